The van der Waals surface area contributed by atoms with Crippen molar-refractivity contribution in [3.8, 4) is 11.5 Å². The third-order valence-corrected chi connectivity index (χ3v) is 4.58. The smallest absolute Gasteiger partial charge is 0.262 e. The molecule has 2 rings (SSSR count). The number of ether oxygens (including phenoxy) is 2. The highest BCUT2D eigenvalue weighted by Crippen LogP contribution is 2.21. The van der Waals surface area contributed by atoms with E-state index in [0.717, 1.165) is 24.3 Å². The van der Waals surface area contributed by atoms with Gasteiger partial charge >= 0.3 is 0 Å². The second-order valence-corrected chi connectivity index (χ2v) is 6.94. The molecule has 0 bridgehead atoms. The molecule has 0 saturated carbocycles. The summed E-state index contributed by atoms with van der Waals surface area (Å²) in [6.45, 7) is 4.77. The normalized spacial score (nSPS) is 10.5. The lowest BCUT2D eigenvalue weighted by atomic mass is 10.2. The summed E-state index contributed by atoms with van der Waals surface area (Å²) in [5.74, 6) is 1.22. The molecular formula is C22H28ClNO3. The minimum atomic E-state index is -0.216. The van der Waals surface area contributed by atoms with Gasteiger partial charge in [-0.2, -0.15) is 0 Å². The average molecular weight is 390 g/mol. The third-order valence-electron chi connectivity index (χ3n) is 4.15. The van der Waals surface area contributed by atoms with Crippen molar-refractivity contribution in [2.24, 2.45) is 0 Å². The van der Waals surface area contributed by atoms with Crippen LogP contribution < -0.4 is 14.8 Å². The number of aryl methyl sites for hydroxylation is 1. The second kappa shape index (κ2) is 11.5. The van der Waals surface area contributed by atoms with Crippen LogP contribution in [0, 0.1) is 6.92 Å². The summed E-state index contributed by atoms with van der Waals surface area (Å²) in [7, 11) is 0. The minimum Gasteiger partial charge on any atom is -0.494 e. The SMILES string of the molecule is CCCCCCCOc1ccc(NC(=O)COc2ccc(Cl)c(C)c2)cc1. The molecule has 0 heterocycles. The summed E-state index contributed by atoms with van der Waals surface area (Å²) in [5, 5.41) is 3.49. The van der Waals surface area contributed by atoms with Gasteiger partial charge in [-0.05, 0) is 61.4 Å². The number of rotatable bonds is 11. The highest BCUT2D eigenvalue weighted by molar-refractivity contribution is 6.31. The van der Waals surface area contributed by atoms with E-state index in [0.29, 0.717) is 16.5 Å². The monoisotopic (exact) mass is 389 g/mol. The van der Waals surface area contributed by atoms with Crippen molar-refractivity contribution in [3.63, 3.8) is 0 Å². The number of unbranched alkanes of at least 4 members (excludes halogenated alkanes) is 4. The van der Waals surface area contributed by atoms with Crippen LogP contribution in [0.1, 0.15) is 44.6 Å². The second-order valence-electron chi connectivity index (χ2n) is 6.53. The summed E-state index contributed by atoms with van der Waals surface area (Å²) < 4.78 is 11.2. The highest BCUT2D eigenvalue weighted by Gasteiger charge is 2.05. The molecule has 2 aromatic carbocycles. The third kappa shape index (κ3) is 7.92. The lowest BCUT2D eigenvalue weighted by Gasteiger charge is -2.10. The summed E-state index contributed by atoms with van der Waals surface area (Å²) in [6, 6.07) is 12.7. The van der Waals surface area contributed by atoms with Gasteiger partial charge < -0.3 is 14.8 Å². The van der Waals surface area contributed by atoms with Crippen LogP contribution in [0.15, 0.2) is 42.5 Å². The van der Waals surface area contributed by atoms with Gasteiger partial charge in [0.05, 0.1) is 6.61 Å². The first kappa shape index (κ1) is 21.1. The molecule has 0 aliphatic rings. The zero-order valence-electron chi connectivity index (χ0n) is 16.1. The van der Waals surface area contributed by atoms with Crippen LogP contribution in [-0.4, -0.2) is 19.1 Å². The van der Waals surface area contributed by atoms with E-state index in [1.54, 1.807) is 12.1 Å². The van der Waals surface area contributed by atoms with Gasteiger partial charge in [0.1, 0.15) is 11.5 Å². The summed E-state index contributed by atoms with van der Waals surface area (Å²) in [4.78, 5) is 12.0. The molecule has 0 radical (unpaired) electrons. The Morgan fingerprint density at radius 3 is 2.37 bits per heavy atom. The maximum Gasteiger partial charge on any atom is 0.262 e. The maximum atomic E-state index is 12.0. The average Bonchev–Trinajstić information content (AvgIpc) is 2.67. The fourth-order valence-corrected chi connectivity index (χ4v) is 2.70. The Morgan fingerprint density at radius 2 is 1.67 bits per heavy atom. The Morgan fingerprint density at radius 1 is 0.963 bits per heavy atom. The Bertz CT molecular complexity index is 716. The molecule has 0 aliphatic heterocycles. The molecule has 0 aromatic heterocycles. The molecule has 1 N–H and O–H groups in total. The predicted octanol–water partition coefficient (Wildman–Crippen LogP) is 6.02. The molecule has 1 amide bonds. The van der Waals surface area contributed by atoms with Crippen LogP contribution in [0.2, 0.25) is 5.02 Å². The number of hydrogen-bond acceptors (Lipinski definition) is 3. The van der Waals surface area contributed by atoms with E-state index in [-0.39, 0.29) is 12.5 Å². The molecular weight excluding hydrogens is 362 g/mol. The van der Waals surface area contributed by atoms with Gasteiger partial charge in [0, 0.05) is 10.7 Å². The Balaban J connectivity index is 1.70. The molecule has 5 heteroatoms. The van der Waals surface area contributed by atoms with E-state index in [1.165, 1.54) is 25.7 Å². The quantitative estimate of drug-likeness (QED) is 0.478. The summed E-state index contributed by atoms with van der Waals surface area (Å²) in [6.07, 6.45) is 6.08. The number of carbonyl (C=O) groups excluding carboxylic acids is 1. The molecule has 2 aromatic rings. The van der Waals surface area contributed by atoms with Crippen molar-refractivity contribution in [1.29, 1.82) is 0 Å². The van der Waals surface area contributed by atoms with Gasteiger partial charge in [-0.15, -0.1) is 0 Å². The van der Waals surface area contributed by atoms with Crippen molar-refractivity contribution < 1.29 is 14.3 Å². The van der Waals surface area contributed by atoms with Gasteiger partial charge in [0.2, 0.25) is 0 Å². The number of hydrogen-bond donors (Lipinski definition) is 1. The van der Waals surface area contributed by atoms with Crippen molar-refractivity contribution in [2.45, 2.75) is 46.0 Å². The Labute approximate surface area is 166 Å². The molecule has 0 fully saturated rings. The van der Waals surface area contributed by atoms with Crippen LogP contribution in [0.4, 0.5) is 5.69 Å². The van der Waals surface area contributed by atoms with Gasteiger partial charge in [0.15, 0.2) is 6.61 Å². The van der Waals surface area contributed by atoms with Gasteiger partial charge in [-0.1, -0.05) is 44.2 Å². The molecule has 0 spiro atoms. The number of nitrogens with one attached hydrogen (secondary N) is 1. The van der Waals surface area contributed by atoms with Gasteiger partial charge in [-0.3, -0.25) is 4.79 Å². The van der Waals surface area contributed by atoms with Crippen LogP contribution in [0.25, 0.3) is 0 Å². The largest absolute Gasteiger partial charge is 0.494 e. The van der Waals surface area contributed by atoms with E-state index >= 15 is 0 Å². The zero-order valence-corrected chi connectivity index (χ0v) is 16.8. The molecule has 146 valence electrons. The zero-order chi connectivity index (χ0) is 19.5. The lowest BCUT2D eigenvalue weighted by Crippen LogP contribution is -2.20. The lowest BCUT2D eigenvalue weighted by molar-refractivity contribution is -0.118. The number of carbonyl (C=O) groups is 1. The Kier molecular flexibility index (Phi) is 8.99. The van der Waals surface area contributed by atoms with Gasteiger partial charge in [-0.25, -0.2) is 0 Å². The first-order valence-electron chi connectivity index (χ1n) is 9.50. The van der Waals surface area contributed by atoms with Crippen molar-refractivity contribution in [3.05, 3.63) is 53.1 Å². The molecule has 0 saturated heterocycles. The molecule has 27 heavy (non-hydrogen) atoms. The van der Waals surface area contributed by atoms with Crippen LogP contribution >= 0.6 is 11.6 Å². The number of halogens is 1. The number of amides is 1. The summed E-state index contributed by atoms with van der Waals surface area (Å²) in [5.41, 5.74) is 1.63. The minimum absolute atomic E-state index is 0.0584. The first-order valence-corrected chi connectivity index (χ1v) is 9.88. The van der Waals surface area contributed by atoms with Crippen molar-refractivity contribution >= 4 is 23.2 Å². The van der Waals surface area contributed by atoms with E-state index < -0.39 is 0 Å². The first-order chi connectivity index (χ1) is 13.1. The van der Waals surface area contributed by atoms with Crippen molar-refractivity contribution in [1.82, 2.24) is 0 Å². The van der Waals surface area contributed by atoms with E-state index in [9.17, 15) is 4.79 Å². The molecule has 0 aliphatic carbocycles. The molecule has 4 nitrogen and oxygen atoms in total. The van der Waals surface area contributed by atoms with Crippen molar-refractivity contribution in [2.75, 3.05) is 18.5 Å². The predicted molar refractivity (Wildman–Crippen MR) is 111 cm³/mol. The Hall–Kier alpha value is -2.20. The topological polar surface area (TPSA) is 47.6 Å². The van der Waals surface area contributed by atoms with E-state index in [2.05, 4.69) is 12.2 Å². The van der Waals surface area contributed by atoms with E-state index in [4.69, 9.17) is 21.1 Å². The standard InChI is InChI=1S/C22H28ClNO3/c1-3-4-5-6-7-14-26-19-10-8-18(9-11-19)24-22(25)16-27-20-12-13-21(23)17(2)15-20/h8-13,15H,3-7,14,16H2,1-2H3,(H,24,25). The fourth-order valence-electron chi connectivity index (χ4n) is 2.58. The maximum absolute atomic E-state index is 12.0. The number of anilines is 1. The molecule has 0 unspecified atom stereocenters. The number of benzene rings is 2. The van der Waals surface area contributed by atoms with Crippen LogP contribution in [-0.2, 0) is 4.79 Å². The van der Waals surface area contributed by atoms with E-state index in [1.807, 2.05) is 37.3 Å². The van der Waals surface area contributed by atoms with Crippen LogP contribution in [0.3, 0.4) is 0 Å². The van der Waals surface area contributed by atoms with Crippen LogP contribution in [0.5, 0.6) is 11.5 Å². The summed E-state index contributed by atoms with van der Waals surface area (Å²) >= 11 is 5.98. The fraction of sp³-hybridized carbons (Fsp3) is 0.409. The van der Waals surface area contributed by atoms with Gasteiger partial charge in [0.25, 0.3) is 5.91 Å². The molecule has 0 atom stereocenters. The highest BCUT2D eigenvalue weighted by atomic mass is 35.5.